The van der Waals surface area contributed by atoms with Gasteiger partial charge in [0, 0.05) is 17.0 Å². The van der Waals surface area contributed by atoms with Crippen LogP contribution >= 0.6 is 11.8 Å². The van der Waals surface area contributed by atoms with Crippen molar-refractivity contribution < 1.29 is 14.7 Å². The largest absolute Gasteiger partial charge is 0.549 e. The summed E-state index contributed by atoms with van der Waals surface area (Å²) in [7, 11) is 0. The lowest BCUT2D eigenvalue weighted by Crippen LogP contribution is -2.38. The van der Waals surface area contributed by atoms with Gasteiger partial charge in [0.2, 0.25) is 5.91 Å². The summed E-state index contributed by atoms with van der Waals surface area (Å²) >= 11 is 1.10. The number of nitrogens with zero attached hydrogens (tertiary/aromatic N) is 1. The fraction of sp³-hybridized carbons (Fsp3) is 0.429. The predicted molar refractivity (Wildman–Crippen MR) is 74.0 cm³/mol. The Morgan fingerprint density at radius 1 is 1.47 bits per heavy atom. The fourth-order valence-corrected chi connectivity index (χ4v) is 2.95. The lowest BCUT2D eigenvalue weighted by molar-refractivity contribution is -0.304. The predicted octanol–water partition coefficient (Wildman–Crippen LogP) is 0.836. The number of carboxylic acids is 1. The van der Waals surface area contributed by atoms with Crippen molar-refractivity contribution in [3.8, 4) is 0 Å². The van der Waals surface area contributed by atoms with Gasteiger partial charge in [-0.3, -0.25) is 4.79 Å². The Kier molecular flexibility index (Phi) is 4.14. The molecule has 1 aromatic carbocycles. The number of hydrogen-bond acceptors (Lipinski definition) is 4. The molecule has 5 heteroatoms. The summed E-state index contributed by atoms with van der Waals surface area (Å²) in [4.78, 5) is 24.6. The average molecular weight is 278 g/mol. The summed E-state index contributed by atoms with van der Waals surface area (Å²) in [6, 6.07) is 7.96. The number of amides is 1. The number of rotatable bonds is 4. The van der Waals surface area contributed by atoms with Crippen LogP contribution in [-0.2, 0) is 16.0 Å². The van der Waals surface area contributed by atoms with Crippen LogP contribution in [0.25, 0.3) is 0 Å². The van der Waals surface area contributed by atoms with E-state index < -0.39 is 11.2 Å². The van der Waals surface area contributed by atoms with E-state index in [2.05, 4.69) is 0 Å². The van der Waals surface area contributed by atoms with Crippen LogP contribution in [-0.4, -0.2) is 28.9 Å². The maximum atomic E-state index is 12.2. The topological polar surface area (TPSA) is 60.4 Å². The molecular formula is C14H16NO3S-. The number of fused-ring (bicyclic) bond motifs is 1. The maximum absolute atomic E-state index is 12.2. The highest BCUT2D eigenvalue weighted by Gasteiger charge is 2.30. The van der Waals surface area contributed by atoms with Gasteiger partial charge < -0.3 is 14.8 Å². The van der Waals surface area contributed by atoms with Crippen molar-refractivity contribution in [1.29, 1.82) is 0 Å². The molecule has 0 aromatic heterocycles. The second kappa shape index (κ2) is 5.65. The molecule has 0 radical (unpaired) electrons. The van der Waals surface area contributed by atoms with Crippen molar-refractivity contribution in [2.45, 2.75) is 31.6 Å². The molecule has 1 amide bonds. The van der Waals surface area contributed by atoms with Crippen LogP contribution in [0.2, 0.25) is 0 Å². The van der Waals surface area contributed by atoms with Crippen molar-refractivity contribution in [2.24, 2.45) is 0 Å². The highest BCUT2D eigenvalue weighted by molar-refractivity contribution is 8.01. The summed E-state index contributed by atoms with van der Waals surface area (Å²) < 4.78 is 0. The van der Waals surface area contributed by atoms with Gasteiger partial charge in [-0.2, -0.15) is 0 Å². The van der Waals surface area contributed by atoms with Crippen LogP contribution in [0.3, 0.4) is 0 Å². The first-order valence-corrected chi connectivity index (χ1v) is 7.28. The van der Waals surface area contributed by atoms with Crippen LogP contribution in [0.1, 0.15) is 19.4 Å². The second-order valence-corrected chi connectivity index (χ2v) is 6.05. The number of para-hydroxylation sites is 1. The standard InChI is InChI=1S/C14H17NO3S/c1-9-7-11-5-3-4-6-12(11)15(9)13(16)8-19-10(2)14(17)18/h3-6,9-10H,7-8H2,1-2H3,(H,17,18)/p-1/t9-,10+/m1/s1. The molecule has 0 N–H and O–H groups in total. The van der Waals surface area contributed by atoms with Crippen molar-refractivity contribution >= 4 is 29.3 Å². The molecule has 19 heavy (non-hydrogen) atoms. The zero-order chi connectivity index (χ0) is 14.0. The van der Waals surface area contributed by atoms with E-state index in [-0.39, 0.29) is 17.7 Å². The van der Waals surface area contributed by atoms with E-state index in [4.69, 9.17) is 0 Å². The van der Waals surface area contributed by atoms with Gasteiger partial charge in [-0.1, -0.05) is 18.2 Å². The van der Waals surface area contributed by atoms with E-state index in [1.807, 2.05) is 31.2 Å². The Morgan fingerprint density at radius 3 is 2.84 bits per heavy atom. The molecule has 1 heterocycles. The minimum Gasteiger partial charge on any atom is -0.549 e. The van der Waals surface area contributed by atoms with Crippen LogP contribution in [0.4, 0.5) is 5.69 Å². The SMILES string of the molecule is C[C@H](SCC(=O)N1c2ccccc2C[C@H]1C)C(=O)[O-]. The monoisotopic (exact) mass is 278 g/mol. The Bertz CT molecular complexity index is 503. The minimum absolute atomic E-state index is 0.0458. The third-order valence-electron chi connectivity index (χ3n) is 3.26. The lowest BCUT2D eigenvalue weighted by Gasteiger charge is -2.23. The van der Waals surface area contributed by atoms with E-state index >= 15 is 0 Å². The van der Waals surface area contributed by atoms with Crippen LogP contribution in [0.5, 0.6) is 0 Å². The van der Waals surface area contributed by atoms with E-state index in [9.17, 15) is 14.7 Å². The molecule has 102 valence electrons. The van der Waals surface area contributed by atoms with Gasteiger partial charge in [0.25, 0.3) is 0 Å². The summed E-state index contributed by atoms with van der Waals surface area (Å²) in [6.45, 7) is 3.54. The second-order valence-electron chi connectivity index (χ2n) is 4.72. The lowest BCUT2D eigenvalue weighted by atomic mass is 10.1. The number of anilines is 1. The number of aliphatic carboxylic acids is 1. The first-order valence-electron chi connectivity index (χ1n) is 6.23. The molecule has 4 nitrogen and oxygen atoms in total. The minimum atomic E-state index is -1.13. The molecule has 0 saturated heterocycles. The van der Waals surface area contributed by atoms with Gasteiger partial charge in [-0.15, -0.1) is 11.8 Å². The molecule has 0 aliphatic carbocycles. The molecule has 1 aliphatic heterocycles. The number of carbonyl (C=O) groups is 2. The van der Waals surface area contributed by atoms with E-state index in [0.717, 1.165) is 23.9 Å². The molecule has 0 unspecified atom stereocenters. The Balaban J connectivity index is 2.06. The Morgan fingerprint density at radius 2 is 2.16 bits per heavy atom. The smallest absolute Gasteiger partial charge is 0.237 e. The van der Waals surface area contributed by atoms with Crippen molar-refractivity contribution in [2.75, 3.05) is 10.7 Å². The first-order chi connectivity index (χ1) is 9.00. The highest BCUT2D eigenvalue weighted by atomic mass is 32.2. The zero-order valence-electron chi connectivity index (χ0n) is 11.0. The molecule has 0 bridgehead atoms. The molecule has 0 spiro atoms. The first kappa shape index (κ1) is 13.9. The summed E-state index contributed by atoms with van der Waals surface area (Å²) in [5, 5.41) is 9.97. The zero-order valence-corrected chi connectivity index (χ0v) is 11.8. The summed E-state index contributed by atoms with van der Waals surface area (Å²) in [6.07, 6.45) is 0.850. The quantitative estimate of drug-likeness (QED) is 0.818. The fourth-order valence-electron chi connectivity index (χ4n) is 2.28. The van der Waals surface area contributed by atoms with Gasteiger partial charge >= 0.3 is 0 Å². The van der Waals surface area contributed by atoms with Crippen molar-refractivity contribution in [3.63, 3.8) is 0 Å². The Labute approximate surface area is 116 Å². The number of benzene rings is 1. The van der Waals surface area contributed by atoms with E-state index in [1.54, 1.807) is 4.90 Å². The molecule has 1 aromatic rings. The number of hydrogen-bond donors (Lipinski definition) is 0. The maximum Gasteiger partial charge on any atom is 0.237 e. The van der Waals surface area contributed by atoms with Crippen molar-refractivity contribution in [1.82, 2.24) is 0 Å². The number of thioether (sulfide) groups is 1. The van der Waals surface area contributed by atoms with Gasteiger partial charge in [0.1, 0.15) is 0 Å². The highest BCUT2D eigenvalue weighted by Crippen LogP contribution is 2.32. The normalized spacial score (nSPS) is 19.1. The summed E-state index contributed by atoms with van der Waals surface area (Å²) in [5.41, 5.74) is 2.11. The average Bonchev–Trinajstić information content (AvgIpc) is 2.71. The van der Waals surface area contributed by atoms with Gasteiger partial charge in [0.05, 0.1) is 11.7 Å². The number of carbonyl (C=O) groups excluding carboxylic acids is 2. The molecular weight excluding hydrogens is 262 g/mol. The molecule has 0 saturated carbocycles. The third-order valence-corrected chi connectivity index (χ3v) is 4.37. The molecule has 2 atom stereocenters. The number of carboxylic acid groups (broad SMARTS) is 1. The van der Waals surface area contributed by atoms with Crippen molar-refractivity contribution in [3.05, 3.63) is 29.8 Å². The van der Waals surface area contributed by atoms with Crippen LogP contribution < -0.4 is 10.0 Å². The van der Waals surface area contributed by atoms with Gasteiger partial charge in [-0.25, -0.2) is 0 Å². The van der Waals surface area contributed by atoms with Gasteiger partial charge in [-0.05, 0) is 31.9 Å². The molecule has 1 aliphatic rings. The van der Waals surface area contributed by atoms with Crippen LogP contribution in [0.15, 0.2) is 24.3 Å². The van der Waals surface area contributed by atoms with Gasteiger partial charge in [0.15, 0.2) is 0 Å². The van der Waals surface area contributed by atoms with E-state index in [1.165, 1.54) is 12.5 Å². The molecule has 2 rings (SSSR count). The third kappa shape index (κ3) is 2.92. The van der Waals surface area contributed by atoms with Crippen LogP contribution in [0, 0.1) is 0 Å². The van der Waals surface area contributed by atoms with E-state index in [0.29, 0.717) is 0 Å². The Hall–Kier alpha value is -1.49. The summed E-state index contributed by atoms with van der Waals surface area (Å²) in [5.74, 6) is -1.02. The molecule has 0 fully saturated rings.